The molecule has 1 aliphatic rings. The predicted molar refractivity (Wildman–Crippen MR) is 93.0 cm³/mol. The van der Waals surface area contributed by atoms with Gasteiger partial charge < -0.3 is 5.32 Å². The summed E-state index contributed by atoms with van der Waals surface area (Å²) >= 11 is 6.40. The summed E-state index contributed by atoms with van der Waals surface area (Å²) < 4.78 is 0. The molecular formula is C19H30ClN. The molecule has 0 saturated heterocycles. The van der Waals surface area contributed by atoms with E-state index < -0.39 is 0 Å². The van der Waals surface area contributed by atoms with Gasteiger partial charge in [0.05, 0.1) is 0 Å². The van der Waals surface area contributed by atoms with Crippen LogP contribution in [0.2, 0.25) is 5.02 Å². The van der Waals surface area contributed by atoms with Crippen molar-refractivity contribution in [2.24, 2.45) is 11.3 Å². The van der Waals surface area contributed by atoms with Crippen LogP contribution < -0.4 is 5.32 Å². The number of hydrogen-bond acceptors (Lipinski definition) is 1. The Morgan fingerprint density at radius 1 is 1.19 bits per heavy atom. The first kappa shape index (κ1) is 16.8. The summed E-state index contributed by atoms with van der Waals surface area (Å²) in [4.78, 5) is 0. The van der Waals surface area contributed by atoms with Gasteiger partial charge >= 0.3 is 0 Å². The molecule has 1 fully saturated rings. The van der Waals surface area contributed by atoms with Crippen molar-refractivity contribution in [2.75, 3.05) is 6.54 Å². The molecule has 1 aliphatic carbocycles. The van der Waals surface area contributed by atoms with E-state index in [9.17, 15) is 0 Å². The average Bonchev–Trinajstić information content (AvgIpc) is 2.89. The molecule has 2 heteroatoms. The monoisotopic (exact) mass is 307 g/mol. The third kappa shape index (κ3) is 4.23. The minimum atomic E-state index is 0.462. The number of halogens is 1. The van der Waals surface area contributed by atoms with Crippen molar-refractivity contribution < 1.29 is 0 Å². The molecule has 1 unspecified atom stereocenters. The molecule has 0 spiro atoms. The summed E-state index contributed by atoms with van der Waals surface area (Å²) in [5.74, 6) is 0.760. The van der Waals surface area contributed by atoms with Crippen LogP contribution in [0.25, 0.3) is 0 Å². The van der Waals surface area contributed by atoms with Crippen LogP contribution in [0.3, 0.4) is 0 Å². The van der Waals surface area contributed by atoms with Gasteiger partial charge in [-0.3, -0.25) is 0 Å². The van der Waals surface area contributed by atoms with Gasteiger partial charge in [0.15, 0.2) is 0 Å². The van der Waals surface area contributed by atoms with E-state index in [1.165, 1.54) is 37.7 Å². The number of hydrogen-bond donors (Lipinski definition) is 1. The lowest BCUT2D eigenvalue weighted by atomic mass is 9.70. The van der Waals surface area contributed by atoms with E-state index in [-0.39, 0.29) is 0 Å². The summed E-state index contributed by atoms with van der Waals surface area (Å²) in [5.41, 5.74) is 1.75. The summed E-state index contributed by atoms with van der Waals surface area (Å²) in [6, 6.07) is 8.88. The second-order valence-electron chi connectivity index (χ2n) is 7.07. The molecule has 21 heavy (non-hydrogen) atoms. The van der Waals surface area contributed by atoms with Gasteiger partial charge in [-0.25, -0.2) is 0 Å². The molecular weight excluding hydrogens is 278 g/mol. The van der Waals surface area contributed by atoms with Gasteiger partial charge in [0.2, 0.25) is 0 Å². The van der Waals surface area contributed by atoms with Crippen molar-refractivity contribution in [1.29, 1.82) is 0 Å². The molecule has 0 radical (unpaired) electrons. The third-order valence-electron chi connectivity index (χ3n) is 4.99. The molecule has 0 aliphatic heterocycles. The second kappa shape index (κ2) is 7.65. The maximum atomic E-state index is 6.40. The zero-order valence-electron chi connectivity index (χ0n) is 13.8. The summed E-state index contributed by atoms with van der Waals surface area (Å²) in [6.07, 6.45) is 7.89. The van der Waals surface area contributed by atoms with Gasteiger partial charge in [0, 0.05) is 11.1 Å². The Balaban J connectivity index is 2.21. The SMILES string of the molecule is CCNC(Cc1ccccc1Cl)C1(CC(C)C)CCCC1. The molecule has 1 aromatic rings. The maximum absolute atomic E-state index is 6.40. The molecule has 0 aromatic heterocycles. The van der Waals surface area contributed by atoms with E-state index in [0.29, 0.717) is 11.5 Å². The summed E-state index contributed by atoms with van der Waals surface area (Å²) in [6.45, 7) is 7.98. The molecule has 1 nitrogen and oxygen atoms in total. The average molecular weight is 308 g/mol. The highest BCUT2D eigenvalue weighted by Crippen LogP contribution is 2.47. The molecule has 118 valence electrons. The maximum Gasteiger partial charge on any atom is 0.0438 e. The molecule has 1 atom stereocenters. The van der Waals surface area contributed by atoms with Crippen LogP contribution in [0.1, 0.15) is 58.4 Å². The zero-order valence-corrected chi connectivity index (χ0v) is 14.5. The highest BCUT2D eigenvalue weighted by molar-refractivity contribution is 6.31. The van der Waals surface area contributed by atoms with E-state index in [1.807, 2.05) is 12.1 Å². The molecule has 1 N–H and O–H groups in total. The van der Waals surface area contributed by atoms with Crippen LogP contribution in [0.15, 0.2) is 24.3 Å². The topological polar surface area (TPSA) is 12.0 Å². The predicted octanol–water partition coefficient (Wildman–Crippen LogP) is 5.47. The fourth-order valence-corrected chi connectivity index (χ4v) is 4.44. The first-order valence-electron chi connectivity index (χ1n) is 8.54. The third-order valence-corrected chi connectivity index (χ3v) is 5.35. The van der Waals surface area contributed by atoms with Crippen molar-refractivity contribution in [2.45, 2.75) is 65.3 Å². The lowest BCUT2D eigenvalue weighted by Crippen LogP contribution is -2.46. The van der Waals surface area contributed by atoms with Gasteiger partial charge in [-0.05, 0) is 55.2 Å². The fourth-order valence-electron chi connectivity index (χ4n) is 4.22. The molecule has 2 rings (SSSR count). The van der Waals surface area contributed by atoms with Crippen molar-refractivity contribution >= 4 is 11.6 Å². The second-order valence-corrected chi connectivity index (χ2v) is 7.48. The Hall–Kier alpha value is -0.530. The lowest BCUT2D eigenvalue weighted by molar-refractivity contribution is 0.155. The van der Waals surface area contributed by atoms with E-state index >= 15 is 0 Å². The van der Waals surface area contributed by atoms with Gasteiger partial charge in [-0.15, -0.1) is 0 Å². The fraction of sp³-hybridized carbons (Fsp3) is 0.684. The van der Waals surface area contributed by atoms with Crippen molar-refractivity contribution in [3.8, 4) is 0 Å². The molecule has 0 bridgehead atoms. The Morgan fingerprint density at radius 3 is 2.43 bits per heavy atom. The Morgan fingerprint density at radius 2 is 1.86 bits per heavy atom. The normalized spacial score (nSPS) is 19.1. The number of rotatable bonds is 7. The van der Waals surface area contributed by atoms with Crippen LogP contribution in [0, 0.1) is 11.3 Å². The standard InChI is InChI=1S/C19H30ClN/c1-4-21-18(13-16-9-5-6-10-17(16)20)19(14-15(2)3)11-7-8-12-19/h5-6,9-10,15,18,21H,4,7-8,11-14H2,1-3H3. The van der Waals surface area contributed by atoms with E-state index in [2.05, 4.69) is 38.2 Å². The molecule has 1 saturated carbocycles. The van der Waals surface area contributed by atoms with Crippen LogP contribution in [-0.2, 0) is 6.42 Å². The van der Waals surface area contributed by atoms with E-state index in [1.54, 1.807) is 0 Å². The minimum Gasteiger partial charge on any atom is -0.313 e. The Bertz CT molecular complexity index is 435. The van der Waals surface area contributed by atoms with Gasteiger partial charge in [0.25, 0.3) is 0 Å². The quantitative estimate of drug-likeness (QED) is 0.704. The highest BCUT2D eigenvalue weighted by atomic mass is 35.5. The van der Waals surface area contributed by atoms with Crippen molar-refractivity contribution in [3.63, 3.8) is 0 Å². The largest absolute Gasteiger partial charge is 0.313 e. The molecule has 1 aromatic carbocycles. The first-order valence-corrected chi connectivity index (χ1v) is 8.92. The van der Waals surface area contributed by atoms with Crippen molar-refractivity contribution in [1.82, 2.24) is 5.32 Å². The van der Waals surface area contributed by atoms with E-state index in [0.717, 1.165) is 23.9 Å². The zero-order chi connectivity index (χ0) is 15.3. The van der Waals surface area contributed by atoms with Crippen LogP contribution >= 0.6 is 11.6 Å². The number of likely N-dealkylation sites (N-methyl/N-ethyl adjacent to an activating group) is 1. The van der Waals surface area contributed by atoms with Crippen LogP contribution in [0.5, 0.6) is 0 Å². The summed E-state index contributed by atoms with van der Waals surface area (Å²) in [7, 11) is 0. The first-order chi connectivity index (χ1) is 10.1. The summed E-state index contributed by atoms with van der Waals surface area (Å²) in [5, 5.41) is 4.70. The van der Waals surface area contributed by atoms with Crippen LogP contribution in [-0.4, -0.2) is 12.6 Å². The molecule has 0 heterocycles. The molecule has 0 amide bonds. The van der Waals surface area contributed by atoms with Gasteiger partial charge in [0.1, 0.15) is 0 Å². The number of nitrogens with one attached hydrogen (secondary N) is 1. The Labute approximate surface area is 135 Å². The lowest BCUT2D eigenvalue weighted by Gasteiger charge is -2.40. The van der Waals surface area contributed by atoms with Gasteiger partial charge in [-0.1, -0.05) is 63.4 Å². The van der Waals surface area contributed by atoms with Gasteiger partial charge in [-0.2, -0.15) is 0 Å². The Kier molecular flexibility index (Phi) is 6.13. The minimum absolute atomic E-state index is 0.462. The van der Waals surface area contributed by atoms with Crippen molar-refractivity contribution in [3.05, 3.63) is 34.9 Å². The smallest absolute Gasteiger partial charge is 0.0438 e. The highest BCUT2D eigenvalue weighted by Gasteiger charge is 2.41. The van der Waals surface area contributed by atoms with E-state index in [4.69, 9.17) is 11.6 Å². The van der Waals surface area contributed by atoms with Crippen LogP contribution in [0.4, 0.5) is 0 Å². The number of benzene rings is 1.